The minimum Gasteiger partial charge on any atom is -0.487 e. The van der Waals surface area contributed by atoms with Crippen molar-refractivity contribution in [2.45, 2.75) is 52.4 Å². The molecule has 3 rings (SSSR count). The van der Waals surface area contributed by atoms with Gasteiger partial charge in [-0.3, -0.25) is 9.71 Å². The zero-order valence-electron chi connectivity index (χ0n) is 17.4. The van der Waals surface area contributed by atoms with Gasteiger partial charge in [-0.05, 0) is 58.3 Å². The Morgan fingerprint density at radius 2 is 1.83 bits per heavy atom. The Balaban J connectivity index is 1.90. The fourth-order valence-electron chi connectivity index (χ4n) is 2.75. The Kier molecular flexibility index (Phi) is 5.94. The Labute approximate surface area is 173 Å². The van der Waals surface area contributed by atoms with E-state index in [2.05, 4.69) is 9.71 Å². The highest BCUT2D eigenvalue weighted by molar-refractivity contribution is 7.92. The summed E-state index contributed by atoms with van der Waals surface area (Å²) in [4.78, 5) is 4.07. The van der Waals surface area contributed by atoms with Crippen molar-refractivity contribution in [3.05, 3.63) is 48.3 Å². The van der Waals surface area contributed by atoms with E-state index in [1.165, 1.54) is 0 Å². The van der Waals surface area contributed by atoms with Crippen LogP contribution in [0.3, 0.4) is 0 Å². The zero-order chi connectivity index (χ0) is 21.3. The number of sulfonamides is 1. The highest BCUT2D eigenvalue weighted by Crippen LogP contribution is 2.37. The molecule has 0 radical (unpaired) electrons. The molecule has 1 aromatic carbocycles. The molecule has 1 aromatic heterocycles. The fraction of sp³-hybridized carbons (Fsp3) is 0.450. The lowest BCUT2D eigenvalue weighted by atomic mass is 9.79. The molecule has 0 spiro atoms. The molecule has 9 heteroatoms. The van der Waals surface area contributed by atoms with Crippen molar-refractivity contribution in [3.63, 3.8) is 0 Å². The molecule has 0 atom stereocenters. The first-order chi connectivity index (χ1) is 13.5. The standard InChI is InChI=1S/C20H27BN2O5S/c1-6-29(24,25)23-17-10-9-16(21-27-19(2,3)20(4,5)28-21)12-18(17)26-14-15-8-7-11-22-13-15/h7-13,23H,6,14H2,1-5H3. The minimum atomic E-state index is -3.45. The van der Waals surface area contributed by atoms with E-state index in [0.717, 1.165) is 11.0 Å². The maximum absolute atomic E-state index is 12.1. The van der Waals surface area contributed by atoms with E-state index in [1.807, 2.05) is 39.8 Å². The van der Waals surface area contributed by atoms with Crippen LogP contribution >= 0.6 is 0 Å². The molecule has 0 aliphatic carbocycles. The van der Waals surface area contributed by atoms with Gasteiger partial charge in [0.1, 0.15) is 12.4 Å². The highest BCUT2D eigenvalue weighted by Gasteiger charge is 2.51. The van der Waals surface area contributed by atoms with Crippen LogP contribution in [0.25, 0.3) is 0 Å². The number of ether oxygens (including phenoxy) is 1. The molecule has 2 aromatic rings. The van der Waals surface area contributed by atoms with E-state index in [-0.39, 0.29) is 12.4 Å². The summed E-state index contributed by atoms with van der Waals surface area (Å²) in [7, 11) is -4.02. The molecule has 1 aliphatic heterocycles. The van der Waals surface area contributed by atoms with E-state index in [4.69, 9.17) is 14.0 Å². The molecular formula is C20H27BN2O5S. The van der Waals surface area contributed by atoms with Gasteiger partial charge < -0.3 is 14.0 Å². The Morgan fingerprint density at radius 3 is 2.41 bits per heavy atom. The number of nitrogens with one attached hydrogen (secondary N) is 1. The van der Waals surface area contributed by atoms with E-state index in [1.54, 1.807) is 37.5 Å². The number of pyridine rings is 1. The first kappa shape index (κ1) is 21.6. The topological polar surface area (TPSA) is 86.8 Å². The predicted octanol–water partition coefficient (Wildman–Crippen LogP) is 2.72. The maximum Gasteiger partial charge on any atom is 0.494 e. The molecule has 2 heterocycles. The normalized spacial score (nSPS) is 17.9. The van der Waals surface area contributed by atoms with Crippen molar-refractivity contribution in [1.29, 1.82) is 0 Å². The van der Waals surface area contributed by atoms with Gasteiger partial charge in [0.15, 0.2) is 0 Å². The number of hydrogen-bond donors (Lipinski definition) is 1. The van der Waals surface area contributed by atoms with Gasteiger partial charge in [-0.2, -0.15) is 0 Å². The smallest absolute Gasteiger partial charge is 0.487 e. The molecular weight excluding hydrogens is 391 g/mol. The van der Waals surface area contributed by atoms with Crippen LogP contribution in [0.15, 0.2) is 42.7 Å². The summed E-state index contributed by atoms with van der Waals surface area (Å²) in [5, 5.41) is 0. The van der Waals surface area contributed by atoms with Crippen molar-refractivity contribution in [1.82, 2.24) is 4.98 Å². The van der Waals surface area contributed by atoms with Crippen LogP contribution in [0.1, 0.15) is 40.2 Å². The highest BCUT2D eigenvalue weighted by atomic mass is 32.2. The first-order valence-corrected chi connectivity index (χ1v) is 11.2. The van der Waals surface area contributed by atoms with E-state index < -0.39 is 28.3 Å². The Bertz CT molecular complexity index is 948. The first-order valence-electron chi connectivity index (χ1n) is 9.55. The Morgan fingerprint density at radius 1 is 1.14 bits per heavy atom. The molecule has 156 valence electrons. The number of nitrogens with zero attached hydrogens (tertiary/aromatic N) is 1. The third-order valence-electron chi connectivity index (χ3n) is 5.29. The van der Waals surface area contributed by atoms with E-state index >= 15 is 0 Å². The lowest BCUT2D eigenvalue weighted by molar-refractivity contribution is 0.00578. The van der Waals surface area contributed by atoms with Crippen LogP contribution in [0.2, 0.25) is 0 Å². The van der Waals surface area contributed by atoms with Gasteiger partial charge in [0.25, 0.3) is 0 Å². The monoisotopic (exact) mass is 418 g/mol. The Hall–Kier alpha value is -2.10. The summed E-state index contributed by atoms with van der Waals surface area (Å²) < 4.78 is 44.9. The fourth-order valence-corrected chi connectivity index (χ4v) is 3.40. The summed E-state index contributed by atoms with van der Waals surface area (Å²) in [6.07, 6.45) is 3.39. The van der Waals surface area contributed by atoms with Crippen LogP contribution in [0, 0.1) is 0 Å². The van der Waals surface area contributed by atoms with Gasteiger partial charge in [0, 0.05) is 18.0 Å². The zero-order valence-corrected chi connectivity index (χ0v) is 18.2. The number of benzene rings is 1. The quantitative estimate of drug-likeness (QED) is 0.696. The molecule has 1 fully saturated rings. The second-order valence-corrected chi connectivity index (χ2v) is 10.0. The number of anilines is 1. The van der Waals surface area contributed by atoms with Crippen molar-refractivity contribution in [3.8, 4) is 5.75 Å². The molecule has 7 nitrogen and oxygen atoms in total. The van der Waals surface area contributed by atoms with Gasteiger partial charge in [-0.25, -0.2) is 8.42 Å². The maximum atomic E-state index is 12.1. The second kappa shape index (κ2) is 7.97. The van der Waals surface area contributed by atoms with Crippen LogP contribution in [-0.4, -0.2) is 37.5 Å². The SMILES string of the molecule is CCS(=O)(=O)Nc1ccc(B2OC(C)(C)C(C)(C)O2)cc1OCc1cccnc1. The summed E-state index contributed by atoms with van der Waals surface area (Å²) in [5.74, 6) is 0.367. The molecule has 1 aliphatic rings. The second-order valence-electron chi connectivity index (χ2n) is 8.00. The summed E-state index contributed by atoms with van der Waals surface area (Å²) in [6, 6.07) is 8.92. The van der Waals surface area contributed by atoms with Gasteiger partial charge in [-0.15, -0.1) is 0 Å². The molecule has 1 saturated heterocycles. The van der Waals surface area contributed by atoms with Crippen molar-refractivity contribution in [2.75, 3.05) is 10.5 Å². The van der Waals surface area contributed by atoms with Gasteiger partial charge in [-0.1, -0.05) is 12.1 Å². The van der Waals surface area contributed by atoms with Crippen molar-refractivity contribution < 1.29 is 22.5 Å². The van der Waals surface area contributed by atoms with Crippen LogP contribution in [0.5, 0.6) is 5.75 Å². The third kappa shape index (κ3) is 4.91. The van der Waals surface area contributed by atoms with E-state index in [0.29, 0.717) is 11.4 Å². The van der Waals surface area contributed by atoms with Crippen LogP contribution in [-0.2, 0) is 25.9 Å². The molecule has 0 saturated carbocycles. The largest absolute Gasteiger partial charge is 0.494 e. The van der Waals surface area contributed by atoms with Crippen LogP contribution < -0.4 is 14.9 Å². The summed E-state index contributed by atoms with van der Waals surface area (Å²) >= 11 is 0. The lowest BCUT2D eigenvalue weighted by Crippen LogP contribution is -2.41. The van der Waals surface area contributed by atoms with Crippen molar-refractivity contribution in [2.24, 2.45) is 0 Å². The average molecular weight is 418 g/mol. The third-order valence-corrected chi connectivity index (χ3v) is 6.58. The molecule has 29 heavy (non-hydrogen) atoms. The number of hydrogen-bond acceptors (Lipinski definition) is 6. The molecule has 0 unspecified atom stereocenters. The summed E-state index contributed by atoms with van der Waals surface area (Å²) in [6.45, 7) is 9.76. The molecule has 0 bridgehead atoms. The average Bonchev–Trinajstić information content (AvgIpc) is 2.89. The summed E-state index contributed by atoms with van der Waals surface area (Å²) in [5.41, 5.74) is 1.05. The van der Waals surface area contributed by atoms with Gasteiger partial charge >= 0.3 is 7.12 Å². The van der Waals surface area contributed by atoms with Gasteiger partial charge in [0.05, 0.1) is 22.6 Å². The van der Waals surface area contributed by atoms with Crippen LogP contribution in [0.4, 0.5) is 5.69 Å². The minimum absolute atomic E-state index is 0.0337. The predicted molar refractivity (Wildman–Crippen MR) is 114 cm³/mol. The van der Waals surface area contributed by atoms with Crippen molar-refractivity contribution >= 4 is 28.3 Å². The molecule has 0 amide bonds. The number of rotatable bonds is 7. The molecule has 1 N–H and O–H groups in total. The van der Waals surface area contributed by atoms with Gasteiger partial charge in [0.2, 0.25) is 10.0 Å². The lowest BCUT2D eigenvalue weighted by Gasteiger charge is -2.32. The number of aromatic nitrogens is 1. The van der Waals surface area contributed by atoms with E-state index in [9.17, 15) is 8.42 Å².